The van der Waals surface area contributed by atoms with Gasteiger partial charge in [-0.05, 0) is 41.5 Å². The highest BCUT2D eigenvalue weighted by molar-refractivity contribution is 5.72. The molecule has 0 radical (unpaired) electrons. The van der Waals surface area contributed by atoms with Gasteiger partial charge in [-0.15, -0.1) is 0 Å². The lowest BCUT2D eigenvalue weighted by Gasteiger charge is -2.05. The average Bonchev–Trinajstić information content (AvgIpc) is 2.59. The quantitative estimate of drug-likeness (QED) is 0.472. The van der Waals surface area contributed by atoms with Crippen molar-refractivity contribution in [2.45, 2.75) is 13.3 Å². The molecule has 0 saturated heterocycles. The SMILES string of the molecule is C=C(/C=C(/CC)OC)c1ccc(C#Cc2ccncc2)cc1. The van der Waals surface area contributed by atoms with Gasteiger partial charge in [0, 0.05) is 29.9 Å². The number of hydrogen-bond acceptors (Lipinski definition) is 2. The van der Waals surface area contributed by atoms with Gasteiger partial charge < -0.3 is 4.74 Å². The molecule has 1 heterocycles. The molecule has 0 amide bonds. The maximum absolute atomic E-state index is 5.28. The Hall–Kier alpha value is -2.79. The van der Waals surface area contributed by atoms with E-state index in [9.17, 15) is 0 Å². The molecule has 2 rings (SSSR count). The number of methoxy groups -OCH3 is 1. The highest BCUT2D eigenvalue weighted by Crippen LogP contribution is 2.17. The van der Waals surface area contributed by atoms with Crippen LogP contribution in [0, 0.1) is 11.8 Å². The maximum Gasteiger partial charge on any atom is 0.0958 e. The molecule has 0 bridgehead atoms. The number of ether oxygens (including phenoxy) is 1. The van der Waals surface area contributed by atoms with Crippen molar-refractivity contribution in [3.63, 3.8) is 0 Å². The van der Waals surface area contributed by atoms with E-state index in [0.717, 1.165) is 34.4 Å². The van der Waals surface area contributed by atoms with Gasteiger partial charge in [0.25, 0.3) is 0 Å². The Morgan fingerprint density at radius 1 is 1.09 bits per heavy atom. The molecule has 2 aromatic rings. The van der Waals surface area contributed by atoms with Crippen LogP contribution < -0.4 is 0 Å². The lowest BCUT2D eigenvalue weighted by atomic mass is 10.0. The minimum absolute atomic E-state index is 0.852. The second-order valence-electron chi connectivity index (χ2n) is 4.76. The zero-order valence-corrected chi connectivity index (χ0v) is 13.0. The predicted molar refractivity (Wildman–Crippen MR) is 91.1 cm³/mol. The fourth-order valence-electron chi connectivity index (χ4n) is 1.93. The van der Waals surface area contributed by atoms with E-state index in [0.29, 0.717) is 0 Å². The number of pyridine rings is 1. The molecule has 0 unspecified atom stereocenters. The van der Waals surface area contributed by atoms with Gasteiger partial charge in [0.2, 0.25) is 0 Å². The molecule has 110 valence electrons. The normalized spacial score (nSPS) is 10.5. The van der Waals surface area contributed by atoms with Gasteiger partial charge >= 0.3 is 0 Å². The zero-order valence-electron chi connectivity index (χ0n) is 13.0. The molecular formula is C20H19NO. The summed E-state index contributed by atoms with van der Waals surface area (Å²) in [6.45, 7) is 6.14. The number of rotatable bonds is 4. The fourth-order valence-corrected chi connectivity index (χ4v) is 1.93. The summed E-state index contributed by atoms with van der Waals surface area (Å²) in [5.74, 6) is 7.18. The van der Waals surface area contributed by atoms with E-state index in [2.05, 4.69) is 30.3 Å². The number of aromatic nitrogens is 1. The molecule has 0 atom stereocenters. The van der Waals surface area contributed by atoms with Crippen molar-refractivity contribution >= 4 is 5.57 Å². The number of hydrogen-bond donors (Lipinski definition) is 0. The highest BCUT2D eigenvalue weighted by atomic mass is 16.5. The summed E-state index contributed by atoms with van der Waals surface area (Å²) in [7, 11) is 1.68. The van der Waals surface area contributed by atoms with Crippen molar-refractivity contribution in [2.24, 2.45) is 0 Å². The van der Waals surface area contributed by atoms with Gasteiger partial charge in [0.15, 0.2) is 0 Å². The minimum atomic E-state index is 0.852. The number of benzene rings is 1. The molecule has 2 nitrogen and oxygen atoms in total. The van der Waals surface area contributed by atoms with Gasteiger partial charge in [-0.2, -0.15) is 0 Å². The van der Waals surface area contributed by atoms with E-state index in [4.69, 9.17) is 4.74 Å². The van der Waals surface area contributed by atoms with Crippen molar-refractivity contribution in [3.05, 3.63) is 83.9 Å². The summed E-state index contributed by atoms with van der Waals surface area (Å²) in [5.41, 5.74) is 3.93. The molecule has 0 aliphatic rings. The van der Waals surface area contributed by atoms with Gasteiger partial charge in [-0.3, -0.25) is 4.98 Å². The molecule has 0 aliphatic heterocycles. The third-order valence-corrected chi connectivity index (χ3v) is 3.23. The Kier molecular flexibility index (Phi) is 5.57. The molecule has 0 spiro atoms. The van der Waals surface area contributed by atoms with Crippen LogP contribution in [0.1, 0.15) is 30.0 Å². The first-order valence-electron chi connectivity index (χ1n) is 7.19. The van der Waals surface area contributed by atoms with E-state index in [1.165, 1.54) is 0 Å². The van der Waals surface area contributed by atoms with Crippen molar-refractivity contribution < 1.29 is 4.74 Å². The molecule has 0 N–H and O–H groups in total. The first-order chi connectivity index (χ1) is 10.7. The first-order valence-corrected chi connectivity index (χ1v) is 7.19. The zero-order chi connectivity index (χ0) is 15.8. The highest BCUT2D eigenvalue weighted by Gasteiger charge is 1.99. The lowest BCUT2D eigenvalue weighted by molar-refractivity contribution is 0.281. The van der Waals surface area contributed by atoms with E-state index < -0.39 is 0 Å². The summed E-state index contributed by atoms with van der Waals surface area (Å²) >= 11 is 0. The molecule has 0 saturated carbocycles. The van der Waals surface area contributed by atoms with Crippen LogP contribution in [0.5, 0.6) is 0 Å². The summed E-state index contributed by atoms with van der Waals surface area (Å²) < 4.78 is 5.28. The third kappa shape index (κ3) is 4.36. The van der Waals surface area contributed by atoms with Crippen molar-refractivity contribution in [2.75, 3.05) is 7.11 Å². The molecular weight excluding hydrogens is 270 g/mol. The van der Waals surface area contributed by atoms with Crippen LogP contribution in [-0.4, -0.2) is 12.1 Å². The summed E-state index contributed by atoms with van der Waals surface area (Å²) in [4.78, 5) is 3.98. The Morgan fingerprint density at radius 3 is 2.23 bits per heavy atom. The topological polar surface area (TPSA) is 22.1 Å². The lowest BCUT2D eigenvalue weighted by Crippen LogP contribution is -1.87. The Bertz CT molecular complexity index is 710. The average molecular weight is 289 g/mol. The monoisotopic (exact) mass is 289 g/mol. The second kappa shape index (κ2) is 7.85. The van der Waals surface area contributed by atoms with E-state index in [1.54, 1.807) is 19.5 Å². The fraction of sp³-hybridized carbons (Fsp3) is 0.150. The minimum Gasteiger partial charge on any atom is -0.501 e. The summed E-state index contributed by atoms with van der Waals surface area (Å²) in [6, 6.07) is 11.8. The smallest absolute Gasteiger partial charge is 0.0958 e. The van der Waals surface area contributed by atoms with Crippen LogP contribution in [0.25, 0.3) is 5.57 Å². The molecule has 0 fully saturated rings. The van der Waals surface area contributed by atoms with Crippen LogP contribution in [-0.2, 0) is 4.74 Å². The number of allylic oxidation sites excluding steroid dienone is 3. The molecule has 2 heteroatoms. The standard InChI is InChI=1S/C20H19NO/c1-4-20(22-3)15-16(2)19-9-7-17(8-10-19)5-6-18-11-13-21-14-12-18/h7-15H,2,4H2,1,3H3/b20-15-. The van der Waals surface area contributed by atoms with Crippen molar-refractivity contribution in [1.29, 1.82) is 0 Å². The molecule has 22 heavy (non-hydrogen) atoms. The Balaban J connectivity index is 2.13. The summed E-state index contributed by atoms with van der Waals surface area (Å²) in [6.07, 6.45) is 6.30. The molecule has 1 aromatic carbocycles. The van der Waals surface area contributed by atoms with Crippen molar-refractivity contribution in [3.8, 4) is 11.8 Å². The Labute approximate surface area is 132 Å². The predicted octanol–water partition coefficient (Wildman–Crippen LogP) is 4.43. The van der Waals surface area contributed by atoms with Gasteiger partial charge in [-0.1, -0.05) is 37.5 Å². The van der Waals surface area contributed by atoms with E-state index in [1.807, 2.05) is 42.5 Å². The Morgan fingerprint density at radius 2 is 1.68 bits per heavy atom. The van der Waals surface area contributed by atoms with Crippen molar-refractivity contribution in [1.82, 2.24) is 4.98 Å². The first kappa shape index (κ1) is 15.6. The molecule has 1 aromatic heterocycles. The largest absolute Gasteiger partial charge is 0.501 e. The van der Waals surface area contributed by atoms with Crippen LogP contribution in [0.15, 0.2) is 67.2 Å². The molecule has 0 aliphatic carbocycles. The maximum atomic E-state index is 5.28. The van der Waals surface area contributed by atoms with Gasteiger partial charge in [0.05, 0.1) is 12.9 Å². The van der Waals surface area contributed by atoms with E-state index >= 15 is 0 Å². The van der Waals surface area contributed by atoms with Crippen LogP contribution in [0.2, 0.25) is 0 Å². The third-order valence-electron chi connectivity index (χ3n) is 3.23. The van der Waals surface area contributed by atoms with Gasteiger partial charge in [0.1, 0.15) is 0 Å². The number of nitrogens with zero attached hydrogens (tertiary/aromatic N) is 1. The second-order valence-corrected chi connectivity index (χ2v) is 4.76. The van der Waals surface area contributed by atoms with Crippen LogP contribution >= 0.6 is 0 Å². The summed E-state index contributed by atoms with van der Waals surface area (Å²) in [5, 5.41) is 0. The van der Waals surface area contributed by atoms with Crippen LogP contribution in [0.4, 0.5) is 0 Å². The van der Waals surface area contributed by atoms with Crippen LogP contribution in [0.3, 0.4) is 0 Å². The van der Waals surface area contributed by atoms with E-state index in [-0.39, 0.29) is 0 Å². The van der Waals surface area contributed by atoms with Gasteiger partial charge in [-0.25, -0.2) is 0 Å².